The predicted molar refractivity (Wildman–Crippen MR) is 66.4 cm³/mol. The number of carboxylic acid groups (broad SMARTS) is 1. The normalized spacial score (nSPS) is 16.4. The molecule has 18 heavy (non-hydrogen) atoms. The van der Waals surface area contributed by atoms with Crippen molar-refractivity contribution in [1.82, 2.24) is 10.2 Å². The zero-order chi connectivity index (χ0) is 13.2. The standard InChI is InChI=1S/C12H22N2O4/c15-11(9-18-10-12(16)17)13-5-4-8-14-6-2-1-3-7-14/h1-10H2,(H,13,15)(H,16,17). The molecule has 0 aromatic rings. The third kappa shape index (κ3) is 7.24. The Morgan fingerprint density at radius 2 is 1.89 bits per heavy atom. The van der Waals surface area contributed by atoms with Gasteiger partial charge in [0.05, 0.1) is 0 Å². The molecule has 6 heteroatoms. The maximum Gasteiger partial charge on any atom is 0.329 e. The zero-order valence-corrected chi connectivity index (χ0v) is 10.7. The lowest BCUT2D eigenvalue weighted by molar-refractivity contribution is -0.143. The molecule has 1 aliphatic heterocycles. The van der Waals surface area contributed by atoms with E-state index in [-0.39, 0.29) is 12.5 Å². The highest BCUT2D eigenvalue weighted by Gasteiger charge is 2.09. The molecular formula is C12H22N2O4. The number of hydrogen-bond acceptors (Lipinski definition) is 4. The minimum atomic E-state index is -1.06. The van der Waals surface area contributed by atoms with Gasteiger partial charge >= 0.3 is 5.97 Å². The molecule has 1 heterocycles. The molecule has 0 radical (unpaired) electrons. The maximum atomic E-state index is 11.2. The van der Waals surface area contributed by atoms with E-state index in [1.807, 2.05) is 0 Å². The monoisotopic (exact) mass is 258 g/mol. The summed E-state index contributed by atoms with van der Waals surface area (Å²) in [5.41, 5.74) is 0. The molecule has 0 spiro atoms. The van der Waals surface area contributed by atoms with E-state index in [0.29, 0.717) is 6.54 Å². The molecule has 0 aromatic heterocycles. The lowest BCUT2D eigenvalue weighted by Gasteiger charge is -2.26. The highest BCUT2D eigenvalue weighted by molar-refractivity contribution is 5.77. The number of nitrogens with zero attached hydrogens (tertiary/aromatic N) is 1. The Balaban J connectivity index is 1.93. The molecule has 1 fully saturated rings. The van der Waals surface area contributed by atoms with E-state index in [4.69, 9.17) is 5.11 Å². The number of nitrogens with one attached hydrogen (secondary N) is 1. The van der Waals surface area contributed by atoms with E-state index in [9.17, 15) is 9.59 Å². The molecule has 1 rings (SSSR count). The second-order valence-corrected chi connectivity index (χ2v) is 4.49. The average Bonchev–Trinajstić information content (AvgIpc) is 2.35. The first-order valence-corrected chi connectivity index (χ1v) is 6.47. The van der Waals surface area contributed by atoms with Gasteiger partial charge in [-0.1, -0.05) is 6.42 Å². The number of aliphatic carboxylic acids is 1. The van der Waals surface area contributed by atoms with Gasteiger partial charge in [0, 0.05) is 6.54 Å². The van der Waals surface area contributed by atoms with E-state index in [1.165, 1.54) is 19.3 Å². The first-order chi connectivity index (χ1) is 8.68. The van der Waals surface area contributed by atoms with Crippen molar-refractivity contribution in [2.75, 3.05) is 39.4 Å². The molecule has 1 amide bonds. The van der Waals surface area contributed by atoms with Gasteiger partial charge in [0.15, 0.2) is 0 Å². The largest absolute Gasteiger partial charge is 0.480 e. The topological polar surface area (TPSA) is 78.9 Å². The molecule has 2 N–H and O–H groups in total. The Morgan fingerprint density at radius 1 is 1.17 bits per heavy atom. The Labute approximate surface area is 107 Å². The number of amides is 1. The summed E-state index contributed by atoms with van der Waals surface area (Å²) < 4.78 is 4.68. The molecule has 0 unspecified atom stereocenters. The van der Waals surface area contributed by atoms with Gasteiger partial charge in [-0.25, -0.2) is 4.79 Å². The van der Waals surface area contributed by atoms with Crippen molar-refractivity contribution in [3.8, 4) is 0 Å². The number of carbonyl (C=O) groups is 2. The highest BCUT2D eigenvalue weighted by Crippen LogP contribution is 2.08. The number of likely N-dealkylation sites (tertiary alicyclic amines) is 1. The molecule has 0 bridgehead atoms. The first kappa shape index (κ1) is 14.9. The van der Waals surface area contributed by atoms with Crippen molar-refractivity contribution < 1.29 is 19.4 Å². The van der Waals surface area contributed by atoms with Crippen LogP contribution in [0, 0.1) is 0 Å². The fourth-order valence-corrected chi connectivity index (χ4v) is 2.00. The summed E-state index contributed by atoms with van der Waals surface area (Å²) in [7, 11) is 0. The van der Waals surface area contributed by atoms with Gasteiger partial charge in [-0.3, -0.25) is 4.79 Å². The van der Waals surface area contributed by atoms with Gasteiger partial charge in [-0.15, -0.1) is 0 Å². The highest BCUT2D eigenvalue weighted by atomic mass is 16.5. The summed E-state index contributed by atoms with van der Waals surface area (Å²) in [5.74, 6) is -1.32. The predicted octanol–water partition coefficient (Wildman–Crippen LogP) is 0.0798. The second-order valence-electron chi connectivity index (χ2n) is 4.49. The van der Waals surface area contributed by atoms with Crippen LogP contribution < -0.4 is 5.32 Å². The number of piperidine rings is 1. The van der Waals surface area contributed by atoms with Crippen LogP contribution in [-0.2, 0) is 14.3 Å². The summed E-state index contributed by atoms with van der Waals surface area (Å²) >= 11 is 0. The van der Waals surface area contributed by atoms with Crippen molar-refractivity contribution in [3.05, 3.63) is 0 Å². The molecular weight excluding hydrogens is 236 g/mol. The smallest absolute Gasteiger partial charge is 0.329 e. The summed E-state index contributed by atoms with van der Waals surface area (Å²) in [4.78, 5) is 23.8. The Morgan fingerprint density at radius 3 is 2.56 bits per heavy atom. The maximum absolute atomic E-state index is 11.2. The Kier molecular flexibility index (Phi) is 7.36. The second kappa shape index (κ2) is 8.88. The summed E-state index contributed by atoms with van der Waals surface area (Å²) in [6.07, 6.45) is 4.80. The quantitative estimate of drug-likeness (QED) is 0.603. The molecule has 0 saturated carbocycles. The van der Waals surface area contributed by atoms with E-state index in [2.05, 4.69) is 15.0 Å². The molecule has 6 nitrogen and oxygen atoms in total. The van der Waals surface area contributed by atoms with Crippen LogP contribution in [0.5, 0.6) is 0 Å². The molecule has 0 aliphatic carbocycles. The van der Waals surface area contributed by atoms with Gasteiger partial charge in [0.1, 0.15) is 13.2 Å². The van der Waals surface area contributed by atoms with Crippen LogP contribution in [0.3, 0.4) is 0 Å². The average molecular weight is 258 g/mol. The summed E-state index contributed by atoms with van der Waals surface area (Å²) in [6.45, 7) is 3.34. The van der Waals surface area contributed by atoms with Crippen molar-refractivity contribution in [1.29, 1.82) is 0 Å². The van der Waals surface area contributed by atoms with Gasteiger partial charge < -0.3 is 20.1 Å². The number of hydrogen-bond donors (Lipinski definition) is 2. The number of ether oxygens (including phenoxy) is 1. The molecule has 0 atom stereocenters. The summed E-state index contributed by atoms with van der Waals surface area (Å²) in [5, 5.41) is 11.0. The molecule has 1 aliphatic rings. The Bertz CT molecular complexity index is 265. The zero-order valence-electron chi connectivity index (χ0n) is 10.7. The number of carboxylic acids is 1. The van der Waals surface area contributed by atoms with Crippen molar-refractivity contribution in [2.45, 2.75) is 25.7 Å². The lowest BCUT2D eigenvalue weighted by atomic mass is 10.1. The van der Waals surface area contributed by atoms with Crippen molar-refractivity contribution in [3.63, 3.8) is 0 Å². The van der Waals surface area contributed by atoms with Crippen molar-refractivity contribution in [2.24, 2.45) is 0 Å². The van der Waals surface area contributed by atoms with Gasteiger partial charge in [-0.2, -0.15) is 0 Å². The third-order valence-electron chi connectivity index (χ3n) is 2.88. The van der Waals surface area contributed by atoms with Crippen LogP contribution in [0.25, 0.3) is 0 Å². The van der Waals surface area contributed by atoms with E-state index >= 15 is 0 Å². The van der Waals surface area contributed by atoms with Crippen LogP contribution in [0.2, 0.25) is 0 Å². The van der Waals surface area contributed by atoms with Crippen LogP contribution in [-0.4, -0.2) is 61.3 Å². The van der Waals surface area contributed by atoms with E-state index in [1.54, 1.807) is 0 Å². The van der Waals surface area contributed by atoms with Gasteiger partial charge in [0.2, 0.25) is 5.91 Å². The molecule has 0 aromatic carbocycles. The Hall–Kier alpha value is -1.14. The minimum Gasteiger partial charge on any atom is -0.480 e. The number of rotatable bonds is 8. The first-order valence-electron chi connectivity index (χ1n) is 6.47. The molecule has 1 saturated heterocycles. The van der Waals surface area contributed by atoms with Crippen LogP contribution in [0.1, 0.15) is 25.7 Å². The fraction of sp³-hybridized carbons (Fsp3) is 0.833. The van der Waals surface area contributed by atoms with E-state index in [0.717, 1.165) is 26.1 Å². The SMILES string of the molecule is O=C(O)COCC(=O)NCCCN1CCCCC1. The lowest BCUT2D eigenvalue weighted by Crippen LogP contribution is -2.34. The van der Waals surface area contributed by atoms with Crippen LogP contribution in [0.4, 0.5) is 0 Å². The fourth-order valence-electron chi connectivity index (χ4n) is 2.00. The summed E-state index contributed by atoms with van der Waals surface area (Å²) in [6, 6.07) is 0. The number of carbonyl (C=O) groups excluding carboxylic acids is 1. The van der Waals surface area contributed by atoms with Crippen molar-refractivity contribution >= 4 is 11.9 Å². The van der Waals surface area contributed by atoms with Gasteiger partial charge in [-0.05, 0) is 38.9 Å². The van der Waals surface area contributed by atoms with E-state index < -0.39 is 12.6 Å². The van der Waals surface area contributed by atoms with Crippen LogP contribution in [0.15, 0.2) is 0 Å². The minimum absolute atomic E-state index is 0.185. The third-order valence-corrected chi connectivity index (χ3v) is 2.88. The van der Waals surface area contributed by atoms with Gasteiger partial charge in [0.25, 0.3) is 0 Å². The molecule has 104 valence electrons. The van der Waals surface area contributed by atoms with Crippen LogP contribution >= 0.6 is 0 Å².